The topological polar surface area (TPSA) is 0 Å². The normalized spacial score (nSPS) is 10.9. The van der Waals surface area contributed by atoms with Gasteiger partial charge in [-0.25, -0.2) is 4.39 Å². The Bertz CT molecular complexity index is 1360. The SMILES string of the molecule is C=CCCc1ccc(-c2ccc(C#Cc3ccc4cc(CC/C=C/C)ccc4c3F)cc2)cc1. The smallest absolute Gasteiger partial charge is 0.146 e. The second-order valence-electron chi connectivity index (χ2n) is 8.44. The number of rotatable bonds is 7. The van der Waals surface area contributed by atoms with Crippen LogP contribution in [0.4, 0.5) is 4.39 Å². The van der Waals surface area contributed by atoms with Crippen LogP contribution in [0.25, 0.3) is 21.9 Å². The van der Waals surface area contributed by atoms with E-state index in [1.165, 1.54) is 16.7 Å². The monoisotopic (exact) mass is 444 g/mol. The first-order valence-corrected chi connectivity index (χ1v) is 11.8. The summed E-state index contributed by atoms with van der Waals surface area (Å²) in [5.74, 6) is 5.89. The fourth-order valence-electron chi connectivity index (χ4n) is 4.03. The Morgan fingerprint density at radius 2 is 1.44 bits per heavy atom. The van der Waals surface area contributed by atoms with Crippen molar-refractivity contribution in [2.45, 2.75) is 32.6 Å². The molecule has 0 unspecified atom stereocenters. The Morgan fingerprint density at radius 3 is 2.15 bits per heavy atom. The number of fused-ring (bicyclic) bond motifs is 1. The van der Waals surface area contributed by atoms with Crippen LogP contribution in [-0.2, 0) is 12.8 Å². The van der Waals surface area contributed by atoms with Crippen molar-refractivity contribution in [2.24, 2.45) is 0 Å². The Labute approximate surface area is 202 Å². The van der Waals surface area contributed by atoms with E-state index in [2.05, 4.69) is 73.0 Å². The van der Waals surface area contributed by atoms with E-state index in [0.29, 0.717) is 10.9 Å². The van der Waals surface area contributed by atoms with Crippen molar-refractivity contribution >= 4 is 10.8 Å². The molecular weight excluding hydrogens is 415 g/mol. The number of benzene rings is 4. The lowest BCUT2D eigenvalue weighted by atomic mass is 10.0. The average molecular weight is 445 g/mol. The number of hydrogen-bond donors (Lipinski definition) is 0. The summed E-state index contributed by atoms with van der Waals surface area (Å²) in [5, 5.41) is 1.54. The summed E-state index contributed by atoms with van der Waals surface area (Å²) in [5.41, 5.74) is 6.14. The van der Waals surface area contributed by atoms with Crippen LogP contribution in [0.15, 0.2) is 104 Å². The fourth-order valence-corrected chi connectivity index (χ4v) is 4.03. The zero-order valence-electron chi connectivity index (χ0n) is 19.7. The average Bonchev–Trinajstić information content (AvgIpc) is 2.88. The molecule has 0 aromatic heterocycles. The van der Waals surface area contributed by atoms with Crippen LogP contribution in [0.2, 0.25) is 0 Å². The van der Waals surface area contributed by atoms with Crippen molar-refractivity contribution in [3.05, 3.63) is 132 Å². The van der Waals surface area contributed by atoms with Gasteiger partial charge in [-0.2, -0.15) is 0 Å². The molecule has 0 heterocycles. The molecule has 1 heteroatoms. The highest BCUT2D eigenvalue weighted by Gasteiger charge is 2.06. The summed E-state index contributed by atoms with van der Waals surface area (Å²) in [7, 11) is 0. The molecule has 0 radical (unpaired) electrons. The van der Waals surface area contributed by atoms with Crippen LogP contribution in [0, 0.1) is 17.7 Å². The van der Waals surface area contributed by atoms with Gasteiger partial charge in [-0.3, -0.25) is 0 Å². The van der Waals surface area contributed by atoms with Gasteiger partial charge in [0.2, 0.25) is 0 Å². The molecule has 4 aromatic rings. The third-order valence-electron chi connectivity index (χ3n) is 6.00. The summed E-state index contributed by atoms with van der Waals surface area (Å²) in [4.78, 5) is 0. The molecule has 0 aliphatic carbocycles. The molecule has 0 fully saturated rings. The Balaban J connectivity index is 1.49. The van der Waals surface area contributed by atoms with Crippen molar-refractivity contribution in [1.29, 1.82) is 0 Å². The summed E-state index contributed by atoms with van der Waals surface area (Å²) in [6.07, 6.45) is 10.1. The van der Waals surface area contributed by atoms with Gasteiger partial charge in [0.1, 0.15) is 5.82 Å². The first kappa shape index (κ1) is 23.3. The van der Waals surface area contributed by atoms with E-state index in [1.807, 2.05) is 43.3 Å². The van der Waals surface area contributed by atoms with Crippen molar-refractivity contribution in [1.82, 2.24) is 0 Å². The third kappa shape index (κ3) is 5.72. The molecule has 0 amide bonds. The van der Waals surface area contributed by atoms with Gasteiger partial charge in [0.15, 0.2) is 0 Å². The quantitative estimate of drug-likeness (QED) is 0.198. The molecule has 0 aliphatic heterocycles. The molecule has 4 aromatic carbocycles. The number of halogens is 1. The number of allylic oxidation sites excluding steroid dienone is 3. The Kier molecular flexibility index (Phi) is 7.74. The molecule has 0 N–H and O–H groups in total. The Hall–Kier alpha value is -3.89. The highest BCUT2D eigenvalue weighted by atomic mass is 19.1. The third-order valence-corrected chi connectivity index (χ3v) is 6.00. The van der Waals surface area contributed by atoms with Gasteiger partial charge in [0.25, 0.3) is 0 Å². The molecule has 0 saturated heterocycles. The zero-order valence-corrected chi connectivity index (χ0v) is 19.7. The van der Waals surface area contributed by atoms with Gasteiger partial charge in [-0.05, 0) is 78.4 Å². The predicted octanol–water partition coefficient (Wildman–Crippen LogP) is 8.67. The maximum Gasteiger partial charge on any atom is 0.146 e. The van der Waals surface area contributed by atoms with Gasteiger partial charge in [0, 0.05) is 10.9 Å². The predicted molar refractivity (Wildman–Crippen MR) is 143 cm³/mol. The second-order valence-corrected chi connectivity index (χ2v) is 8.44. The maximum absolute atomic E-state index is 15.1. The van der Waals surface area contributed by atoms with E-state index < -0.39 is 0 Å². The standard InChI is InChI=1S/C33H29F/c1-3-5-7-9-27-15-23-32-31(24-27)22-21-30(33(32)34)20-14-26-12-18-29(19-13-26)28-16-10-25(11-17-28)8-6-4-2/h3-5,10-13,15-19,21-24H,2,6-9H2,1H3/b5-3+. The Morgan fingerprint density at radius 1 is 0.765 bits per heavy atom. The second kappa shape index (κ2) is 11.3. The van der Waals surface area contributed by atoms with Gasteiger partial charge < -0.3 is 0 Å². The molecule has 0 saturated carbocycles. The van der Waals surface area contributed by atoms with Crippen molar-refractivity contribution in [3.63, 3.8) is 0 Å². The van der Waals surface area contributed by atoms with E-state index in [0.717, 1.165) is 42.2 Å². The number of aryl methyl sites for hydroxylation is 2. The summed E-state index contributed by atoms with van der Waals surface area (Å²) in [6, 6.07) is 26.4. The molecule has 0 aliphatic rings. The van der Waals surface area contributed by atoms with E-state index in [4.69, 9.17) is 0 Å². The van der Waals surface area contributed by atoms with Gasteiger partial charge >= 0.3 is 0 Å². The van der Waals surface area contributed by atoms with Crippen molar-refractivity contribution in [2.75, 3.05) is 0 Å². The molecule has 4 rings (SSSR count). The lowest BCUT2D eigenvalue weighted by Crippen LogP contribution is -1.89. The summed E-state index contributed by atoms with van der Waals surface area (Å²) >= 11 is 0. The van der Waals surface area contributed by atoms with Crippen LogP contribution in [0.5, 0.6) is 0 Å². The van der Waals surface area contributed by atoms with Crippen LogP contribution < -0.4 is 0 Å². The largest absolute Gasteiger partial charge is 0.205 e. The minimum atomic E-state index is -0.252. The van der Waals surface area contributed by atoms with Crippen LogP contribution in [-0.4, -0.2) is 0 Å². The highest BCUT2D eigenvalue weighted by Crippen LogP contribution is 2.24. The first-order chi connectivity index (χ1) is 16.7. The maximum atomic E-state index is 15.1. The molecular formula is C33H29F. The van der Waals surface area contributed by atoms with Crippen LogP contribution in [0.1, 0.15) is 42.0 Å². The minimum absolute atomic E-state index is 0.252. The van der Waals surface area contributed by atoms with Crippen molar-refractivity contribution in [3.8, 4) is 23.0 Å². The summed E-state index contributed by atoms with van der Waals surface area (Å²) in [6.45, 7) is 5.81. The van der Waals surface area contributed by atoms with Crippen LogP contribution >= 0.6 is 0 Å². The van der Waals surface area contributed by atoms with Crippen molar-refractivity contribution < 1.29 is 4.39 Å². The molecule has 0 nitrogen and oxygen atoms in total. The first-order valence-electron chi connectivity index (χ1n) is 11.8. The minimum Gasteiger partial charge on any atom is -0.205 e. The molecule has 0 spiro atoms. The van der Waals surface area contributed by atoms with E-state index in [1.54, 1.807) is 6.07 Å². The van der Waals surface area contributed by atoms with Crippen LogP contribution in [0.3, 0.4) is 0 Å². The fraction of sp³-hybridized carbons (Fsp3) is 0.152. The summed E-state index contributed by atoms with van der Waals surface area (Å²) < 4.78 is 15.1. The zero-order chi connectivity index (χ0) is 23.8. The lowest BCUT2D eigenvalue weighted by Gasteiger charge is -2.05. The number of hydrogen-bond acceptors (Lipinski definition) is 0. The van der Waals surface area contributed by atoms with Gasteiger partial charge in [-0.15, -0.1) is 6.58 Å². The molecule has 168 valence electrons. The van der Waals surface area contributed by atoms with Gasteiger partial charge in [-0.1, -0.05) is 90.7 Å². The van der Waals surface area contributed by atoms with E-state index in [-0.39, 0.29) is 5.82 Å². The molecule has 0 atom stereocenters. The van der Waals surface area contributed by atoms with E-state index >= 15 is 4.39 Å². The highest BCUT2D eigenvalue weighted by molar-refractivity contribution is 5.85. The molecule has 34 heavy (non-hydrogen) atoms. The van der Waals surface area contributed by atoms with E-state index in [9.17, 15) is 0 Å². The van der Waals surface area contributed by atoms with Gasteiger partial charge in [0.05, 0.1) is 5.56 Å². The lowest BCUT2D eigenvalue weighted by molar-refractivity contribution is 0.636. The molecule has 0 bridgehead atoms.